The second-order valence-corrected chi connectivity index (χ2v) is 8.39. The summed E-state index contributed by atoms with van der Waals surface area (Å²) in [6.07, 6.45) is 14.3. The van der Waals surface area contributed by atoms with Crippen LogP contribution in [0.4, 0.5) is 11.5 Å². The van der Waals surface area contributed by atoms with Crippen molar-refractivity contribution in [3.05, 3.63) is 94.8 Å². The van der Waals surface area contributed by atoms with E-state index in [0.717, 1.165) is 62.5 Å². The fourth-order valence-corrected chi connectivity index (χ4v) is 4.45. The highest BCUT2D eigenvalue weighted by molar-refractivity contribution is 5.86. The number of allylic oxidation sites excluding steroid dienone is 6. The number of nitrogens with zero attached hydrogens (tertiary/aromatic N) is 3. The lowest BCUT2D eigenvalue weighted by Gasteiger charge is -2.27. The molecule has 0 saturated carbocycles. The minimum atomic E-state index is -0.00626. The molecule has 1 aromatic carbocycles. The third kappa shape index (κ3) is 4.82. The van der Waals surface area contributed by atoms with Crippen molar-refractivity contribution in [1.82, 2.24) is 19.8 Å². The molecule has 1 aliphatic heterocycles. The topological polar surface area (TPSA) is 62.2 Å². The molecule has 0 bridgehead atoms. The average molecular weight is 440 g/mol. The number of nitrogens with one attached hydrogen (secondary N) is 2. The Balaban J connectivity index is 1.67. The van der Waals surface area contributed by atoms with Gasteiger partial charge in [-0.3, -0.25) is 14.3 Å². The van der Waals surface area contributed by atoms with E-state index in [9.17, 15) is 4.79 Å². The number of fused-ring (bicyclic) bond motifs is 1. The van der Waals surface area contributed by atoms with Crippen LogP contribution in [0.1, 0.15) is 18.4 Å². The number of hydrogen-bond acceptors (Lipinski definition) is 5. The van der Waals surface area contributed by atoms with E-state index in [1.165, 1.54) is 0 Å². The minimum absolute atomic E-state index is 0.00626. The van der Waals surface area contributed by atoms with Crippen LogP contribution in [0.5, 0.6) is 0 Å². The van der Waals surface area contributed by atoms with Crippen LogP contribution in [-0.2, 0) is 6.54 Å². The zero-order valence-corrected chi connectivity index (χ0v) is 18.7. The maximum absolute atomic E-state index is 13.4. The fraction of sp³-hybridized carbons (Fsp3) is 0.259. The zero-order chi connectivity index (χ0) is 22.5. The average Bonchev–Trinajstić information content (AvgIpc) is 2.81. The molecule has 0 atom stereocenters. The maximum atomic E-state index is 13.4. The van der Waals surface area contributed by atoms with E-state index in [4.69, 9.17) is 4.98 Å². The van der Waals surface area contributed by atoms with Gasteiger partial charge in [-0.15, -0.1) is 0 Å². The van der Waals surface area contributed by atoms with Crippen molar-refractivity contribution in [2.45, 2.75) is 19.4 Å². The molecule has 2 aliphatic rings. The van der Waals surface area contributed by atoms with Gasteiger partial charge in [-0.05, 0) is 42.7 Å². The molecule has 6 heteroatoms. The summed E-state index contributed by atoms with van der Waals surface area (Å²) in [6, 6.07) is 13.6. The summed E-state index contributed by atoms with van der Waals surface area (Å²) in [4.78, 5) is 20.6. The number of pyridine rings is 2. The largest absolute Gasteiger partial charge is 0.341 e. The summed E-state index contributed by atoms with van der Waals surface area (Å²) in [6.45, 7) is 4.66. The molecule has 3 heterocycles. The Labute approximate surface area is 194 Å². The van der Waals surface area contributed by atoms with Crippen molar-refractivity contribution in [2.24, 2.45) is 0 Å². The first-order valence-electron chi connectivity index (χ1n) is 11.6. The Morgan fingerprint density at radius 2 is 1.82 bits per heavy atom. The van der Waals surface area contributed by atoms with E-state index in [-0.39, 0.29) is 5.43 Å². The number of piperazine rings is 1. The van der Waals surface area contributed by atoms with E-state index in [2.05, 4.69) is 50.5 Å². The molecule has 6 nitrogen and oxygen atoms in total. The van der Waals surface area contributed by atoms with Crippen molar-refractivity contribution in [2.75, 3.05) is 31.5 Å². The van der Waals surface area contributed by atoms with E-state index >= 15 is 0 Å². The van der Waals surface area contributed by atoms with Gasteiger partial charge in [0.15, 0.2) is 5.43 Å². The predicted molar refractivity (Wildman–Crippen MR) is 136 cm³/mol. The summed E-state index contributed by atoms with van der Waals surface area (Å²) in [5, 5.41) is 7.54. The smallest absolute Gasteiger partial charge is 0.193 e. The molecule has 33 heavy (non-hydrogen) atoms. The molecular weight excluding hydrogens is 410 g/mol. The molecular formula is C27H29N5O. The van der Waals surface area contributed by atoms with E-state index < -0.39 is 0 Å². The molecule has 3 aromatic rings. The molecule has 0 unspecified atom stereocenters. The molecule has 0 amide bonds. The number of hydrogen-bond donors (Lipinski definition) is 2. The van der Waals surface area contributed by atoms with Crippen LogP contribution in [0.25, 0.3) is 16.7 Å². The minimum Gasteiger partial charge on any atom is -0.341 e. The summed E-state index contributed by atoms with van der Waals surface area (Å²) in [5.41, 5.74) is 3.65. The highest BCUT2D eigenvalue weighted by Gasteiger charge is 2.18. The van der Waals surface area contributed by atoms with Gasteiger partial charge in [0.25, 0.3) is 0 Å². The first-order valence-corrected chi connectivity index (χ1v) is 11.6. The number of rotatable bonds is 5. The van der Waals surface area contributed by atoms with Crippen molar-refractivity contribution in [3.8, 4) is 0 Å². The predicted octanol–water partition coefficient (Wildman–Crippen LogP) is 4.29. The van der Waals surface area contributed by atoms with Crippen LogP contribution >= 0.6 is 0 Å². The van der Waals surface area contributed by atoms with Gasteiger partial charge >= 0.3 is 0 Å². The molecule has 0 spiro atoms. The summed E-state index contributed by atoms with van der Waals surface area (Å²) >= 11 is 0. The van der Waals surface area contributed by atoms with Gasteiger partial charge < -0.3 is 10.6 Å². The van der Waals surface area contributed by atoms with E-state index in [1.807, 2.05) is 42.6 Å². The quantitative estimate of drug-likeness (QED) is 0.581. The SMILES string of the molecule is O=c1cc(Nc2ccccc2)n(C2=CC/C=C\C/C=C\2)c2nccc(CN3CCNCC3)c12. The van der Waals surface area contributed by atoms with E-state index in [0.29, 0.717) is 16.9 Å². The van der Waals surface area contributed by atoms with Crippen LogP contribution in [0, 0.1) is 0 Å². The Bertz CT molecular complexity index is 1270. The zero-order valence-electron chi connectivity index (χ0n) is 18.7. The number of para-hydroxylation sites is 1. The molecule has 2 N–H and O–H groups in total. The molecule has 0 radical (unpaired) electrons. The van der Waals surface area contributed by atoms with Crippen LogP contribution in [-0.4, -0.2) is 40.6 Å². The molecule has 1 fully saturated rings. The first-order chi connectivity index (χ1) is 16.3. The van der Waals surface area contributed by atoms with Crippen molar-refractivity contribution >= 4 is 28.2 Å². The third-order valence-corrected chi connectivity index (χ3v) is 6.08. The van der Waals surface area contributed by atoms with Crippen molar-refractivity contribution in [3.63, 3.8) is 0 Å². The van der Waals surface area contributed by atoms with Gasteiger partial charge in [-0.25, -0.2) is 4.98 Å². The van der Waals surface area contributed by atoms with Gasteiger partial charge in [0, 0.05) is 56.4 Å². The molecule has 2 aromatic heterocycles. The van der Waals surface area contributed by atoms with Crippen LogP contribution in [0.3, 0.4) is 0 Å². The molecule has 5 rings (SSSR count). The maximum Gasteiger partial charge on any atom is 0.193 e. The lowest BCUT2D eigenvalue weighted by Crippen LogP contribution is -2.43. The monoisotopic (exact) mass is 439 g/mol. The summed E-state index contributed by atoms with van der Waals surface area (Å²) in [5.74, 6) is 0.714. The Hall–Kier alpha value is -3.48. The van der Waals surface area contributed by atoms with Gasteiger partial charge in [-0.1, -0.05) is 42.5 Å². The van der Waals surface area contributed by atoms with Gasteiger partial charge in [-0.2, -0.15) is 0 Å². The van der Waals surface area contributed by atoms with Crippen molar-refractivity contribution < 1.29 is 0 Å². The fourth-order valence-electron chi connectivity index (χ4n) is 4.45. The van der Waals surface area contributed by atoms with Gasteiger partial charge in [0.05, 0.1) is 5.39 Å². The normalized spacial score (nSPS) is 18.8. The number of aromatic nitrogens is 2. The van der Waals surface area contributed by atoms with Crippen LogP contribution in [0.15, 0.2) is 83.8 Å². The van der Waals surface area contributed by atoms with E-state index in [1.54, 1.807) is 6.07 Å². The summed E-state index contributed by atoms with van der Waals surface area (Å²) in [7, 11) is 0. The first kappa shape index (κ1) is 21.4. The van der Waals surface area contributed by atoms with Crippen molar-refractivity contribution in [1.29, 1.82) is 0 Å². The molecule has 168 valence electrons. The highest BCUT2D eigenvalue weighted by Crippen LogP contribution is 2.27. The number of benzene rings is 1. The summed E-state index contributed by atoms with van der Waals surface area (Å²) < 4.78 is 2.08. The lowest BCUT2D eigenvalue weighted by molar-refractivity contribution is 0.234. The standard InChI is InChI=1S/C27H29N5O/c33-24-19-25(30-22-9-5-4-6-10-22)32(23-11-7-2-1-3-8-12-23)27-26(24)21(13-14-29-27)20-31-17-15-28-16-18-31/h1-2,4-6,8-14,19,28,30H,3,7,15-18,20H2/b2-1-,12-8-,23-11?. The second-order valence-electron chi connectivity index (χ2n) is 8.39. The van der Waals surface area contributed by atoms with Gasteiger partial charge in [0.1, 0.15) is 11.5 Å². The lowest BCUT2D eigenvalue weighted by atomic mass is 10.1. The number of anilines is 2. The molecule has 1 saturated heterocycles. The van der Waals surface area contributed by atoms with Crippen LogP contribution < -0.4 is 16.1 Å². The van der Waals surface area contributed by atoms with Gasteiger partial charge in [0.2, 0.25) is 0 Å². The Morgan fingerprint density at radius 3 is 2.67 bits per heavy atom. The second kappa shape index (κ2) is 9.98. The Kier molecular flexibility index (Phi) is 6.46. The third-order valence-electron chi connectivity index (χ3n) is 6.08. The highest BCUT2D eigenvalue weighted by atomic mass is 16.1. The molecule has 1 aliphatic carbocycles. The van der Waals surface area contributed by atoms with Crippen LogP contribution in [0.2, 0.25) is 0 Å². The Morgan fingerprint density at radius 1 is 1.00 bits per heavy atom.